The summed E-state index contributed by atoms with van der Waals surface area (Å²) in [6.07, 6.45) is 0. The predicted molar refractivity (Wildman–Crippen MR) is 96.2 cm³/mol. The number of benzene rings is 3. The van der Waals surface area contributed by atoms with Gasteiger partial charge in [-0.1, -0.05) is 36.4 Å². The van der Waals surface area contributed by atoms with Crippen molar-refractivity contribution in [2.75, 3.05) is 22.1 Å². The van der Waals surface area contributed by atoms with Gasteiger partial charge in [-0.15, -0.1) is 0 Å². The van der Waals surface area contributed by atoms with Gasteiger partial charge in [-0.2, -0.15) is 0 Å². The molecule has 1 heterocycles. The summed E-state index contributed by atoms with van der Waals surface area (Å²) >= 11 is 0. The molecule has 4 heteroatoms. The molecule has 0 fully saturated rings. The summed E-state index contributed by atoms with van der Waals surface area (Å²) < 4.78 is 0. The van der Waals surface area contributed by atoms with E-state index in [-0.39, 0.29) is 0 Å². The Kier molecular flexibility index (Phi) is 2.91. The molecule has 114 valence electrons. The summed E-state index contributed by atoms with van der Waals surface area (Å²) in [6.45, 7) is 0. The van der Waals surface area contributed by atoms with Crippen LogP contribution in [0.3, 0.4) is 0 Å². The lowest BCUT2D eigenvalue weighted by molar-refractivity contribution is 0.704. The lowest BCUT2D eigenvalue weighted by Crippen LogP contribution is -2.40. The first-order valence-corrected chi connectivity index (χ1v) is 7.55. The van der Waals surface area contributed by atoms with E-state index >= 15 is 0 Å². The first-order chi connectivity index (χ1) is 11.2. The van der Waals surface area contributed by atoms with Crippen LogP contribution in [0.5, 0.6) is 0 Å². The van der Waals surface area contributed by atoms with Crippen LogP contribution < -0.4 is 22.1 Å². The van der Waals surface area contributed by atoms with Gasteiger partial charge in [0, 0.05) is 22.5 Å². The van der Waals surface area contributed by atoms with Crippen molar-refractivity contribution in [1.29, 1.82) is 0 Å². The lowest BCUT2D eigenvalue weighted by Gasteiger charge is -2.32. The van der Waals surface area contributed by atoms with E-state index in [0.29, 0.717) is 0 Å². The van der Waals surface area contributed by atoms with Crippen molar-refractivity contribution < 1.29 is 0 Å². The molecule has 1 aliphatic heterocycles. The monoisotopic (exact) mass is 302 g/mol. The van der Waals surface area contributed by atoms with Crippen LogP contribution >= 0.6 is 0 Å². The Morgan fingerprint density at radius 3 is 1.35 bits per heavy atom. The van der Waals surface area contributed by atoms with E-state index in [2.05, 4.69) is 22.8 Å². The van der Waals surface area contributed by atoms with Crippen molar-refractivity contribution in [3.63, 3.8) is 0 Å². The average molecular weight is 302 g/mol. The summed E-state index contributed by atoms with van der Waals surface area (Å²) in [5.41, 5.74) is 17.0. The lowest BCUT2D eigenvalue weighted by atomic mass is 9.91. The van der Waals surface area contributed by atoms with E-state index < -0.39 is 5.66 Å². The van der Waals surface area contributed by atoms with E-state index in [1.54, 1.807) is 0 Å². The van der Waals surface area contributed by atoms with Crippen LogP contribution in [0.4, 0.5) is 22.7 Å². The summed E-state index contributed by atoms with van der Waals surface area (Å²) in [7, 11) is 0. The molecule has 3 aromatic rings. The first kappa shape index (κ1) is 13.5. The van der Waals surface area contributed by atoms with Crippen molar-refractivity contribution >= 4 is 22.7 Å². The zero-order valence-electron chi connectivity index (χ0n) is 12.6. The standard InChI is InChI=1S/C19H18N4/c20-15-9-5-13(6-10-15)19(14-7-11-16(21)12-8-14)22-17-3-1-2-4-18(17)23-19/h1-12,22-23H,20-21H2. The molecule has 0 bridgehead atoms. The van der Waals surface area contributed by atoms with Gasteiger partial charge < -0.3 is 22.1 Å². The molecule has 0 saturated heterocycles. The molecule has 0 amide bonds. The van der Waals surface area contributed by atoms with Crippen molar-refractivity contribution in [3.8, 4) is 0 Å². The summed E-state index contributed by atoms with van der Waals surface area (Å²) in [4.78, 5) is 0. The number of hydrogen-bond donors (Lipinski definition) is 4. The van der Waals surface area contributed by atoms with Crippen LogP contribution in [0, 0.1) is 0 Å². The minimum atomic E-state index is -0.537. The van der Waals surface area contributed by atoms with Crippen molar-refractivity contribution in [3.05, 3.63) is 83.9 Å². The maximum absolute atomic E-state index is 5.85. The minimum absolute atomic E-state index is 0.537. The highest BCUT2D eigenvalue weighted by Gasteiger charge is 2.39. The fourth-order valence-corrected chi connectivity index (χ4v) is 3.06. The Morgan fingerprint density at radius 2 is 0.957 bits per heavy atom. The molecule has 0 atom stereocenters. The third-order valence-electron chi connectivity index (χ3n) is 4.26. The molecule has 3 aromatic carbocycles. The number of nitrogens with two attached hydrogens (primary N) is 2. The molecular weight excluding hydrogens is 284 g/mol. The number of rotatable bonds is 2. The van der Waals surface area contributed by atoms with Crippen LogP contribution in [0.25, 0.3) is 0 Å². The van der Waals surface area contributed by atoms with Crippen LogP contribution in [0.1, 0.15) is 11.1 Å². The summed E-state index contributed by atoms with van der Waals surface area (Å²) in [5, 5.41) is 7.25. The van der Waals surface area contributed by atoms with Crippen molar-refractivity contribution in [2.24, 2.45) is 0 Å². The summed E-state index contributed by atoms with van der Waals surface area (Å²) in [5.74, 6) is 0. The second-order valence-electron chi connectivity index (χ2n) is 5.79. The fraction of sp³-hybridized carbons (Fsp3) is 0.0526. The number of hydrogen-bond acceptors (Lipinski definition) is 4. The molecule has 0 aromatic heterocycles. The number of anilines is 4. The molecule has 0 radical (unpaired) electrons. The van der Waals surface area contributed by atoms with Crippen LogP contribution in [0.15, 0.2) is 72.8 Å². The maximum Gasteiger partial charge on any atom is 0.161 e. The van der Waals surface area contributed by atoms with E-state index in [4.69, 9.17) is 11.5 Å². The topological polar surface area (TPSA) is 76.1 Å². The van der Waals surface area contributed by atoms with Crippen molar-refractivity contribution in [2.45, 2.75) is 5.66 Å². The fourth-order valence-electron chi connectivity index (χ4n) is 3.06. The minimum Gasteiger partial charge on any atom is -0.399 e. The molecule has 6 N–H and O–H groups in total. The number of fused-ring (bicyclic) bond motifs is 1. The maximum atomic E-state index is 5.85. The second-order valence-corrected chi connectivity index (χ2v) is 5.79. The highest BCUT2D eigenvalue weighted by atomic mass is 15.3. The van der Waals surface area contributed by atoms with Gasteiger partial charge in [0.05, 0.1) is 11.4 Å². The molecule has 0 spiro atoms. The van der Waals surface area contributed by atoms with E-state index in [1.165, 1.54) is 0 Å². The second kappa shape index (κ2) is 4.95. The number of nitrogens with one attached hydrogen (secondary N) is 2. The molecule has 1 aliphatic rings. The average Bonchev–Trinajstić information content (AvgIpc) is 2.96. The quantitative estimate of drug-likeness (QED) is 0.546. The van der Waals surface area contributed by atoms with Crippen LogP contribution in [-0.2, 0) is 5.66 Å². The van der Waals surface area contributed by atoms with E-state index in [0.717, 1.165) is 33.9 Å². The van der Waals surface area contributed by atoms with E-state index in [1.807, 2.05) is 60.7 Å². The van der Waals surface area contributed by atoms with E-state index in [9.17, 15) is 0 Å². The molecule has 0 aliphatic carbocycles. The SMILES string of the molecule is Nc1ccc(C2(c3ccc(N)cc3)Nc3ccccc3N2)cc1. The Balaban J connectivity index is 1.88. The molecule has 0 unspecified atom stereocenters. The number of nitrogen functional groups attached to an aromatic ring is 2. The third-order valence-corrected chi connectivity index (χ3v) is 4.26. The van der Waals surface area contributed by atoms with Gasteiger partial charge in [0.2, 0.25) is 0 Å². The molecule has 4 nitrogen and oxygen atoms in total. The highest BCUT2D eigenvalue weighted by Crippen LogP contribution is 2.43. The Bertz CT molecular complexity index is 766. The molecule has 0 saturated carbocycles. The van der Waals surface area contributed by atoms with Gasteiger partial charge in [-0.05, 0) is 36.4 Å². The smallest absolute Gasteiger partial charge is 0.161 e. The Labute approximate surface area is 135 Å². The number of para-hydroxylation sites is 2. The van der Waals surface area contributed by atoms with Crippen molar-refractivity contribution in [1.82, 2.24) is 0 Å². The van der Waals surface area contributed by atoms with Crippen LogP contribution in [0.2, 0.25) is 0 Å². The van der Waals surface area contributed by atoms with Gasteiger partial charge in [-0.3, -0.25) is 0 Å². The third kappa shape index (κ3) is 2.16. The van der Waals surface area contributed by atoms with Gasteiger partial charge in [0.25, 0.3) is 0 Å². The Morgan fingerprint density at radius 1 is 0.565 bits per heavy atom. The van der Waals surface area contributed by atoms with Crippen LogP contribution in [-0.4, -0.2) is 0 Å². The largest absolute Gasteiger partial charge is 0.399 e. The molecular formula is C19H18N4. The summed E-state index contributed by atoms with van der Waals surface area (Å²) in [6, 6.07) is 24.0. The van der Waals surface area contributed by atoms with Gasteiger partial charge >= 0.3 is 0 Å². The van der Waals surface area contributed by atoms with Gasteiger partial charge in [0.15, 0.2) is 5.66 Å². The zero-order valence-corrected chi connectivity index (χ0v) is 12.6. The predicted octanol–water partition coefficient (Wildman–Crippen LogP) is 3.59. The zero-order chi connectivity index (χ0) is 15.9. The van der Waals surface area contributed by atoms with Gasteiger partial charge in [-0.25, -0.2) is 0 Å². The van der Waals surface area contributed by atoms with Gasteiger partial charge in [0.1, 0.15) is 0 Å². The normalized spacial score (nSPS) is 14.6. The molecule has 23 heavy (non-hydrogen) atoms. The highest BCUT2D eigenvalue weighted by molar-refractivity contribution is 5.79. The Hall–Kier alpha value is -3.14. The molecule has 4 rings (SSSR count). The first-order valence-electron chi connectivity index (χ1n) is 7.55.